The molecule has 2 heterocycles. The molecule has 3 atom stereocenters. The van der Waals surface area contributed by atoms with Crippen LogP contribution in [-0.2, 0) is 14.6 Å². The van der Waals surface area contributed by atoms with Crippen LogP contribution in [0.1, 0.15) is 31.2 Å². The van der Waals surface area contributed by atoms with E-state index in [1.54, 1.807) is 11.3 Å². The van der Waals surface area contributed by atoms with Gasteiger partial charge in [0, 0.05) is 24.1 Å². The lowest BCUT2D eigenvalue weighted by Crippen LogP contribution is -2.34. The molecule has 0 bridgehead atoms. The van der Waals surface area contributed by atoms with Crippen molar-refractivity contribution in [2.75, 3.05) is 18.9 Å². The van der Waals surface area contributed by atoms with Gasteiger partial charge in [-0.05, 0) is 31.7 Å². The van der Waals surface area contributed by atoms with E-state index in [0.717, 1.165) is 0 Å². The Hall–Kier alpha value is -0.430. The van der Waals surface area contributed by atoms with Crippen molar-refractivity contribution in [1.29, 1.82) is 0 Å². The highest BCUT2D eigenvalue weighted by Crippen LogP contribution is 2.22. The van der Waals surface area contributed by atoms with Crippen LogP contribution in [-0.4, -0.2) is 38.7 Å². The van der Waals surface area contributed by atoms with Gasteiger partial charge in [0.15, 0.2) is 9.84 Å². The smallest absolute Gasteiger partial charge is 0.157 e. The molecule has 1 aliphatic rings. The van der Waals surface area contributed by atoms with Gasteiger partial charge >= 0.3 is 0 Å². The highest BCUT2D eigenvalue weighted by atomic mass is 32.2. The first-order valence-corrected chi connectivity index (χ1v) is 9.20. The predicted octanol–water partition coefficient (Wildman–Crippen LogP) is 1.99. The second-order valence-corrected chi connectivity index (χ2v) is 8.28. The van der Waals surface area contributed by atoms with Gasteiger partial charge in [0.05, 0.1) is 17.1 Å². The van der Waals surface area contributed by atoms with Crippen LogP contribution >= 0.6 is 11.3 Å². The van der Waals surface area contributed by atoms with Crippen molar-refractivity contribution in [2.45, 2.75) is 37.7 Å². The molecule has 108 valence electrons. The highest BCUT2D eigenvalue weighted by molar-refractivity contribution is 7.92. The minimum absolute atomic E-state index is 0.167. The molecule has 19 heavy (non-hydrogen) atoms. The second-order valence-electron chi connectivity index (χ2n) is 4.96. The van der Waals surface area contributed by atoms with E-state index in [0.29, 0.717) is 19.6 Å². The molecule has 0 aliphatic carbocycles. The lowest BCUT2D eigenvalue weighted by molar-refractivity contribution is 0.126. The maximum Gasteiger partial charge on any atom is 0.157 e. The predicted molar refractivity (Wildman–Crippen MR) is 78.3 cm³/mol. The molecule has 0 saturated carbocycles. The van der Waals surface area contributed by atoms with E-state index in [9.17, 15) is 8.42 Å². The molecule has 1 aliphatic heterocycles. The molecule has 2 rings (SSSR count). The maximum atomic E-state index is 12.2. The van der Waals surface area contributed by atoms with Crippen LogP contribution in [0.15, 0.2) is 17.5 Å². The van der Waals surface area contributed by atoms with Gasteiger partial charge in [0.2, 0.25) is 0 Å². The van der Waals surface area contributed by atoms with Crippen molar-refractivity contribution in [3.8, 4) is 0 Å². The van der Waals surface area contributed by atoms with Gasteiger partial charge in [0.25, 0.3) is 0 Å². The third-order valence-electron chi connectivity index (χ3n) is 3.58. The van der Waals surface area contributed by atoms with Crippen LogP contribution in [0, 0.1) is 0 Å². The average Bonchev–Trinajstić information content (AvgIpc) is 2.98. The van der Waals surface area contributed by atoms with Crippen molar-refractivity contribution in [3.63, 3.8) is 0 Å². The summed E-state index contributed by atoms with van der Waals surface area (Å²) < 4.78 is 29.7. The maximum absolute atomic E-state index is 12.2. The molecule has 1 aromatic heterocycles. The molecule has 0 amide bonds. The summed E-state index contributed by atoms with van der Waals surface area (Å²) in [5.74, 6) is 0.182. The van der Waals surface area contributed by atoms with E-state index in [1.807, 2.05) is 18.4 Å². The van der Waals surface area contributed by atoms with E-state index in [-0.39, 0.29) is 23.1 Å². The SMILES string of the molecule is CC(NCCS(=O)(=O)C1CCOC1C)c1cccs1. The molecule has 0 spiro atoms. The van der Waals surface area contributed by atoms with Crippen LogP contribution in [0.2, 0.25) is 0 Å². The summed E-state index contributed by atoms with van der Waals surface area (Å²) in [6.07, 6.45) is 0.462. The van der Waals surface area contributed by atoms with Crippen molar-refractivity contribution >= 4 is 21.2 Å². The summed E-state index contributed by atoms with van der Waals surface area (Å²) in [7, 11) is -3.06. The van der Waals surface area contributed by atoms with Crippen molar-refractivity contribution in [2.24, 2.45) is 0 Å². The zero-order chi connectivity index (χ0) is 13.9. The van der Waals surface area contributed by atoms with E-state index in [1.165, 1.54) is 4.88 Å². The lowest BCUT2D eigenvalue weighted by atomic mass is 10.3. The van der Waals surface area contributed by atoms with Crippen molar-refractivity contribution in [3.05, 3.63) is 22.4 Å². The Labute approximate surface area is 119 Å². The number of nitrogens with one attached hydrogen (secondary N) is 1. The van der Waals surface area contributed by atoms with Crippen LogP contribution in [0.3, 0.4) is 0 Å². The summed E-state index contributed by atoms with van der Waals surface area (Å²) in [6.45, 7) is 4.95. The Morgan fingerprint density at radius 2 is 2.37 bits per heavy atom. The zero-order valence-corrected chi connectivity index (χ0v) is 13.0. The van der Waals surface area contributed by atoms with Gasteiger partial charge in [-0.15, -0.1) is 11.3 Å². The number of hydrogen-bond donors (Lipinski definition) is 1. The quantitative estimate of drug-likeness (QED) is 0.873. The van der Waals surface area contributed by atoms with Gasteiger partial charge in [0.1, 0.15) is 0 Å². The van der Waals surface area contributed by atoms with Gasteiger partial charge in [-0.1, -0.05) is 6.07 Å². The molecule has 1 saturated heterocycles. The molecule has 1 N–H and O–H groups in total. The van der Waals surface area contributed by atoms with Gasteiger partial charge in [-0.2, -0.15) is 0 Å². The summed E-state index contributed by atoms with van der Waals surface area (Å²) in [6, 6.07) is 4.27. The largest absolute Gasteiger partial charge is 0.377 e. The summed E-state index contributed by atoms with van der Waals surface area (Å²) in [5, 5.41) is 4.97. The minimum Gasteiger partial charge on any atom is -0.377 e. The van der Waals surface area contributed by atoms with Crippen molar-refractivity contribution < 1.29 is 13.2 Å². The lowest BCUT2D eigenvalue weighted by Gasteiger charge is -2.17. The Morgan fingerprint density at radius 1 is 1.58 bits per heavy atom. The fraction of sp³-hybridized carbons (Fsp3) is 0.692. The minimum atomic E-state index is -3.06. The third kappa shape index (κ3) is 3.78. The van der Waals surface area contributed by atoms with Crippen molar-refractivity contribution in [1.82, 2.24) is 5.32 Å². The Bertz CT molecular complexity index is 484. The Morgan fingerprint density at radius 3 is 2.95 bits per heavy atom. The fourth-order valence-electron chi connectivity index (χ4n) is 2.39. The van der Waals surface area contributed by atoms with Gasteiger partial charge in [-0.25, -0.2) is 8.42 Å². The van der Waals surface area contributed by atoms with Gasteiger partial charge in [-0.3, -0.25) is 0 Å². The third-order valence-corrected chi connectivity index (χ3v) is 6.94. The fourth-order valence-corrected chi connectivity index (χ4v) is 4.97. The number of ether oxygens (including phenoxy) is 1. The highest BCUT2D eigenvalue weighted by Gasteiger charge is 2.35. The summed E-state index contributed by atoms with van der Waals surface area (Å²) in [5.41, 5.74) is 0. The first kappa shape index (κ1) is 15.0. The first-order valence-electron chi connectivity index (χ1n) is 6.60. The molecule has 6 heteroatoms. The van der Waals surface area contributed by atoms with E-state index in [2.05, 4.69) is 18.3 Å². The number of rotatable bonds is 6. The molecule has 0 radical (unpaired) electrons. The van der Waals surface area contributed by atoms with E-state index < -0.39 is 9.84 Å². The Kier molecular flexibility index (Phi) is 5.00. The standard InChI is InChI=1S/C13H21NO3S2/c1-10(12-4-3-8-18-12)14-6-9-19(15,16)13-5-7-17-11(13)2/h3-4,8,10-11,13-14H,5-7,9H2,1-2H3. The molecule has 3 unspecified atom stereocenters. The summed E-state index contributed by atoms with van der Waals surface area (Å²) >= 11 is 1.68. The topological polar surface area (TPSA) is 55.4 Å². The number of hydrogen-bond acceptors (Lipinski definition) is 5. The van der Waals surface area contributed by atoms with E-state index >= 15 is 0 Å². The molecular formula is C13H21NO3S2. The summed E-state index contributed by atoms with van der Waals surface area (Å²) in [4.78, 5) is 1.23. The second kappa shape index (κ2) is 6.35. The normalized spacial score (nSPS) is 25.6. The first-order chi connectivity index (χ1) is 9.00. The van der Waals surface area contributed by atoms with Crippen LogP contribution < -0.4 is 5.32 Å². The van der Waals surface area contributed by atoms with E-state index in [4.69, 9.17) is 4.74 Å². The molecule has 1 aromatic rings. The van der Waals surface area contributed by atoms with Crippen LogP contribution in [0.5, 0.6) is 0 Å². The molecule has 4 nitrogen and oxygen atoms in total. The number of thiophene rings is 1. The monoisotopic (exact) mass is 303 g/mol. The molecular weight excluding hydrogens is 282 g/mol. The number of sulfone groups is 1. The van der Waals surface area contributed by atoms with Crippen LogP contribution in [0.4, 0.5) is 0 Å². The van der Waals surface area contributed by atoms with Crippen LogP contribution in [0.25, 0.3) is 0 Å². The Balaban J connectivity index is 1.82. The zero-order valence-electron chi connectivity index (χ0n) is 11.3. The average molecular weight is 303 g/mol. The van der Waals surface area contributed by atoms with Gasteiger partial charge < -0.3 is 10.1 Å². The molecule has 0 aromatic carbocycles. The molecule has 1 fully saturated rings.